The van der Waals surface area contributed by atoms with E-state index in [4.69, 9.17) is 9.84 Å². The maximum absolute atomic E-state index is 9.16. The maximum Gasteiger partial charge on any atom is 0.102 e. The molecule has 0 aliphatic carbocycles. The topological polar surface area (TPSA) is 29.5 Å². The first kappa shape index (κ1) is 6.78. The molecule has 0 amide bonds. The SMILES string of the molecule is C=CC1OC(C)CC1O. The van der Waals surface area contributed by atoms with E-state index in [1.54, 1.807) is 6.08 Å². The van der Waals surface area contributed by atoms with Crippen LogP contribution in [0.2, 0.25) is 0 Å². The number of aliphatic hydroxyl groups excluding tert-OH is 1. The van der Waals surface area contributed by atoms with Crippen molar-refractivity contribution in [3.8, 4) is 0 Å². The average molecular weight is 128 g/mol. The molecule has 1 fully saturated rings. The second-order valence-electron chi connectivity index (χ2n) is 2.45. The monoisotopic (exact) mass is 128 g/mol. The Hall–Kier alpha value is -0.340. The Morgan fingerprint density at radius 2 is 2.44 bits per heavy atom. The molecular weight excluding hydrogens is 116 g/mol. The molecule has 0 aromatic carbocycles. The summed E-state index contributed by atoms with van der Waals surface area (Å²) in [5.74, 6) is 0. The summed E-state index contributed by atoms with van der Waals surface area (Å²) in [6.07, 6.45) is 2.09. The van der Waals surface area contributed by atoms with E-state index in [0.29, 0.717) is 0 Å². The lowest BCUT2D eigenvalue weighted by Gasteiger charge is -2.06. The lowest BCUT2D eigenvalue weighted by molar-refractivity contribution is 0.0471. The van der Waals surface area contributed by atoms with Crippen molar-refractivity contribution in [1.82, 2.24) is 0 Å². The Morgan fingerprint density at radius 3 is 2.67 bits per heavy atom. The molecule has 0 aromatic rings. The summed E-state index contributed by atoms with van der Waals surface area (Å²) >= 11 is 0. The third-order valence-electron chi connectivity index (χ3n) is 1.57. The third kappa shape index (κ3) is 1.32. The number of hydrogen-bond donors (Lipinski definition) is 1. The highest BCUT2D eigenvalue weighted by Gasteiger charge is 2.28. The van der Waals surface area contributed by atoms with Crippen LogP contribution in [0.4, 0.5) is 0 Å². The van der Waals surface area contributed by atoms with Gasteiger partial charge in [-0.15, -0.1) is 6.58 Å². The van der Waals surface area contributed by atoms with Gasteiger partial charge in [-0.2, -0.15) is 0 Å². The smallest absolute Gasteiger partial charge is 0.102 e. The van der Waals surface area contributed by atoms with Gasteiger partial charge in [-0.3, -0.25) is 0 Å². The number of ether oxygens (including phenoxy) is 1. The molecule has 0 bridgehead atoms. The summed E-state index contributed by atoms with van der Waals surface area (Å²) in [4.78, 5) is 0. The lowest BCUT2D eigenvalue weighted by atomic mass is 10.1. The van der Waals surface area contributed by atoms with Crippen LogP contribution in [-0.4, -0.2) is 23.4 Å². The molecule has 1 heterocycles. The highest BCUT2D eigenvalue weighted by molar-refractivity contribution is 4.91. The van der Waals surface area contributed by atoms with Crippen LogP contribution in [0, 0.1) is 0 Å². The van der Waals surface area contributed by atoms with Gasteiger partial charge in [-0.1, -0.05) is 6.08 Å². The predicted molar refractivity (Wildman–Crippen MR) is 35.2 cm³/mol. The predicted octanol–water partition coefficient (Wildman–Crippen LogP) is 0.711. The summed E-state index contributed by atoms with van der Waals surface area (Å²) in [7, 11) is 0. The minimum atomic E-state index is -0.336. The quantitative estimate of drug-likeness (QED) is 0.527. The van der Waals surface area contributed by atoms with Crippen LogP contribution in [0.25, 0.3) is 0 Å². The molecular formula is C7H12O2. The van der Waals surface area contributed by atoms with E-state index in [1.165, 1.54) is 0 Å². The van der Waals surface area contributed by atoms with Gasteiger partial charge in [0.2, 0.25) is 0 Å². The fourth-order valence-electron chi connectivity index (χ4n) is 1.10. The van der Waals surface area contributed by atoms with Gasteiger partial charge in [0.05, 0.1) is 12.2 Å². The standard InChI is InChI=1S/C7H12O2/c1-3-7-6(8)4-5(2)9-7/h3,5-8H,1,4H2,2H3. The first-order chi connectivity index (χ1) is 4.24. The zero-order valence-corrected chi connectivity index (χ0v) is 5.58. The van der Waals surface area contributed by atoms with Gasteiger partial charge < -0.3 is 9.84 Å². The zero-order chi connectivity index (χ0) is 6.85. The molecule has 1 N–H and O–H groups in total. The summed E-state index contributed by atoms with van der Waals surface area (Å²) < 4.78 is 5.25. The largest absolute Gasteiger partial charge is 0.390 e. The maximum atomic E-state index is 9.16. The minimum Gasteiger partial charge on any atom is -0.390 e. The van der Waals surface area contributed by atoms with E-state index in [1.807, 2.05) is 6.92 Å². The van der Waals surface area contributed by atoms with Crippen molar-refractivity contribution in [3.63, 3.8) is 0 Å². The molecule has 9 heavy (non-hydrogen) atoms. The summed E-state index contributed by atoms with van der Waals surface area (Å²) in [5, 5.41) is 9.16. The van der Waals surface area contributed by atoms with Gasteiger partial charge in [-0.05, 0) is 6.92 Å². The molecule has 1 aliphatic rings. The van der Waals surface area contributed by atoms with Crippen LogP contribution in [0.5, 0.6) is 0 Å². The van der Waals surface area contributed by atoms with Crippen LogP contribution in [0.3, 0.4) is 0 Å². The number of aliphatic hydroxyl groups is 1. The van der Waals surface area contributed by atoms with Crippen molar-refractivity contribution in [2.45, 2.75) is 31.7 Å². The Labute approximate surface area is 55.1 Å². The first-order valence-corrected chi connectivity index (χ1v) is 3.20. The van der Waals surface area contributed by atoms with Gasteiger partial charge in [0.1, 0.15) is 6.10 Å². The summed E-state index contributed by atoms with van der Waals surface area (Å²) in [6.45, 7) is 5.49. The lowest BCUT2D eigenvalue weighted by Crippen LogP contribution is -2.16. The molecule has 2 heteroatoms. The summed E-state index contributed by atoms with van der Waals surface area (Å²) in [6, 6.07) is 0. The number of rotatable bonds is 1. The fourth-order valence-corrected chi connectivity index (χ4v) is 1.10. The Balaban J connectivity index is 2.47. The third-order valence-corrected chi connectivity index (χ3v) is 1.57. The van der Waals surface area contributed by atoms with Crippen LogP contribution in [0.1, 0.15) is 13.3 Å². The second kappa shape index (κ2) is 2.50. The van der Waals surface area contributed by atoms with Crippen LogP contribution >= 0.6 is 0 Å². The fraction of sp³-hybridized carbons (Fsp3) is 0.714. The van der Waals surface area contributed by atoms with Gasteiger partial charge in [0.15, 0.2) is 0 Å². The van der Waals surface area contributed by atoms with E-state index in [-0.39, 0.29) is 18.3 Å². The van der Waals surface area contributed by atoms with E-state index < -0.39 is 0 Å². The van der Waals surface area contributed by atoms with Crippen molar-refractivity contribution < 1.29 is 9.84 Å². The van der Waals surface area contributed by atoms with Gasteiger partial charge in [0, 0.05) is 6.42 Å². The number of hydrogen-bond acceptors (Lipinski definition) is 2. The summed E-state index contributed by atoms with van der Waals surface area (Å²) in [5.41, 5.74) is 0. The van der Waals surface area contributed by atoms with Crippen molar-refractivity contribution in [1.29, 1.82) is 0 Å². The van der Waals surface area contributed by atoms with Crippen LogP contribution in [0.15, 0.2) is 12.7 Å². The van der Waals surface area contributed by atoms with Crippen molar-refractivity contribution in [2.24, 2.45) is 0 Å². The van der Waals surface area contributed by atoms with Crippen molar-refractivity contribution >= 4 is 0 Å². The molecule has 0 saturated carbocycles. The molecule has 1 saturated heterocycles. The molecule has 3 atom stereocenters. The normalized spacial score (nSPS) is 43.1. The Bertz CT molecular complexity index is 111. The highest BCUT2D eigenvalue weighted by Crippen LogP contribution is 2.19. The molecule has 2 nitrogen and oxygen atoms in total. The van der Waals surface area contributed by atoms with E-state index >= 15 is 0 Å². The van der Waals surface area contributed by atoms with E-state index in [0.717, 1.165) is 6.42 Å². The van der Waals surface area contributed by atoms with Gasteiger partial charge >= 0.3 is 0 Å². The average Bonchev–Trinajstić information content (AvgIpc) is 2.10. The molecule has 3 unspecified atom stereocenters. The molecule has 0 aromatic heterocycles. The zero-order valence-electron chi connectivity index (χ0n) is 5.58. The first-order valence-electron chi connectivity index (χ1n) is 3.20. The van der Waals surface area contributed by atoms with Crippen LogP contribution in [-0.2, 0) is 4.74 Å². The Morgan fingerprint density at radius 1 is 1.78 bits per heavy atom. The van der Waals surface area contributed by atoms with Crippen LogP contribution < -0.4 is 0 Å². The van der Waals surface area contributed by atoms with Crippen molar-refractivity contribution in [2.75, 3.05) is 0 Å². The molecule has 0 spiro atoms. The molecule has 52 valence electrons. The second-order valence-corrected chi connectivity index (χ2v) is 2.45. The van der Waals surface area contributed by atoms with Gasteiger partial charge in [0.25, 0.3) is 0 Å². The highest BCUT2D eigenvalue weighted by atomic mass is 16.5. The van der Waals surface area contributed by atoms with Crippen molar-refractivity contribution in [3.05, 3.63) is 12.7 Å². The molecule has 0 radical (unpaired) electrons. The minimum absolute atomic E-state index is 0.139. The van der Waals surface area contributed by atoms with Gasteiger partial charge in [-0.25, -0.2) is 0 Å². The molecule has 1 aliphatic heterocycles. The molecule has 1 rings (SSSR count). The van der Waals surface area contributed by atoms with E-state index in [9.17, 15) is 0 Å². The Kier molecular flexibility index (Phi) is 1.88. The van der Waals surface area contributed by atoms with E-state index in [2.05, 4.69) is 6.58 Å².